The number of hydrogen-bond acceptors (Lipinski definition) is 4. The lowest BCUT2D eigenvalue weighted by atomic mass is 9.93. The fraction of sp³-hybridized carbons (Fsp3) is 0.688. The molecule has 4 nitrogen and oxygen atoms in total. The lowest BCUT2D eigenvalue weighted by Gasteiger charge is -2.34. The van der Waals surface area contributed by atoms with Crippen molar-refractivity contribution in [2.75, 3.05) is 6.54 Å². The van der Waals surface area contributed by atoms with Crippen LogP contribution in [0, 0.1) is 0 Å². The summed E-state index contributed by atoms with van der Waals surface area (Å²) in [6, 6.07) is 4.15. The Balaban J connectivity index is 2.56. The third kappa shape index (κ3) is 6.67. The molecule has 1 aromatic rings. The van der Waals surface area contributed by atoms with E-state index in [1.165, 1.54) is 4.88 Å². The van der Waals surface area contributed by atoms with E-state index in [0.29, 0.717) is 0 Å². The molecule has 1 aromatic heterocycles. The van der Waals surface area contributed by atoms with Crippen LogP contribution in [0.3, 0.4) is 0 Å². The van der Waals surface area contributed by atoms with Crippen LogP contribution >= 0.6 is 27.3 Å². The van der Waals surface area contributed by atoms with Crippen LogP contribution in [-0.4, -0.2) is 23.8 Å². The Morgan fingerprint density at radius 2 is 1.91 bits per heavy atom. The van der Waals surface area contributed by atoms with E-state index in [1.54, 1.807) is 11.3 Å². The molecule has 0 saturated heterocycles. The summed E-state index contributed by atoms with van der Waals surface area (Å²) in [5, 5.41) is 6.49. The molecule has 126 valence electrons. The summed E-state index contributed by atoms with van der Waals surface area (Å²) < 4.78 is 6.52. The minimum atomic E-state index is -0.478. The molecule has 0 fully saturated rings. The molecule has 0 aliphatic rings. The second-order valence-electron chi connectivity index (χ2n) is 6.42. The number of nitrogens with one attached hydrogen (secondary N) is 2. The SMILES string of the molecule is CCC(CC)(CNCc1ccc(Br)s1)NC(=O)OC(C)(C)C. The van der Waals surface area contributed by atoms with E-state index in [4.69, 9.17) is 4.74 Å². The predicted molar refractivity (Wildman–Crippen MR) is 96.4 cm³/mol. The van der Waals surface area contributed by atoms with Gasteiger partial charge in [0, 0.05) is 18.0 Å². The van der Waals surface area contributed by atoms with E-state index >= 15 is 0 Å². The van der Waals surface area contributed by atoms with E-state index in [2.05, 4.69) is 46.5 Å². The van der Waals surface area contributed by atoms with Crippen molar-refractivity contribution in [1.82, 2.24) is 10.6 Å². The highest BCUT2D eigenvalue weighted by Crippen LogP contribution is 2.22. The largest absolute Gasteiger partial charge is 0.444 e. The molecule has 0 radical (unpaired) electrons. The highest BCUT2D eigenvalue weighted by atomic mass is 79.9. The molecule has 6 heteroatoms. The Bertz CT molecular complexity index is 479. The van der Waals surface area contributed by atoms with E-state index < -0.39 is 5.60 Å². The smallest absolute Gasteiger partial charge is 0.408 e. The lowest BCUT2D eigenvalue weighted by molar-refractivity contribution is 0.0446. The van der Waals surface area contributed by atoms with Gasteiger partial charge in [0.25, 0.3) is 0 Å². The van der Waals surface area contributed by atoms with Crippen molar-refractivity contribution in [3.63, 3.8) is 0 Å². The molecule has 1 rings (SSSR count). The van der Waals surface area contributed by atoms with Crippen molar-refractivity contribution in [2.45, 2.75) is 65.1 Å². The monoisotopic (exact) mass is 390 g/mol. The van der Waals surface area contributed by atoms with Crippen LogP contribution in [0.1, 0.15) is 52.3 Å². The summed E-state index contributed by atoms with van der Waals surface area (Å²) in [6.07, 6.45) is 1.35. The first kappa shape index (κ1) is 19.5. The maximum absolute atomic E-state index is 12.1. The maximum atomic E-state index is 12.1. The Labute approximate surface area is 146 Å². The third-order valence-electron chi connectivity index (χ3n) is 3.51. The number of carbonyl (C=O) groups is 1. The number of alkyl carbamates (subject to hydrolysis) is 1. The molecule has 1 heterocycles. The first-order valence-corrected chi connectivity index (χ1v) is 9.27. The number of carbonyl (C=O) groups excluding carboxylic acids is 1. The molecule has 0 bridgehead atoms. The van der Waals surface area contributed by atoms with Gasteiger partial charge in [0.1, 0.15) is 5.60 Å². The van der Waals surface area contributed by atoms with E-state index in [9.17, 15) is 4.79 Å². The van der Waals surface area contributed by atoms with Gasteiger partial charge in [-0.25, -0.2) is 4.79 Å². The lowest BCUT2D eigenvalue weighted by Crippen LogP contribution is -2.55. The summed E-state index contributed by atoms with van der Waals surface area (Å²) in [5.74, 6) is 0. The van der Waals surface area contributed by atoms with Crippen LogP contribution in [0.15, 0.2) is 15.9 Å². The quantitative estimate of drug-likeness (QED) is 0.709. The Morgan fingerprint density at radius 1 is 1.27 bits per heavy atom. The number of rotatable bonds is 7. The van der Waals surface area contributed by atoms with Gasteiger partial charge in [-0.1, -0.05) is 13.8 Å². The summed E-state index contributed by atoms with van der Waals surface area (Å²) in [5.41, 5.74) is -0.759. The molecule has 1 amide bonds. The highest BCUT2D eigenvalue weighted by molar-refractivity contribution is 9.11. The molecular weight excluding hydrogens is 364 g/mol. The average Bonchev–Trinajstić information content (AvgIpc) is 2.81. The minimum absolute atomic E-state index is 0.281. The first-order chi connectivity index (χ1) is 10.2. The van der Waals surface area contributed by atoms with E-state index in [0.717, 1.165) is 29.7 Å². The number of thiophene rings is 1. The van der Waals surface area contributed by atoms with Crippen molar-refractivity contribution >= 4 is 33.4 Å². The minimum Gasteiger partial charge on any atom is -0.444 e. The fourth-order valence-corrected chi connectivity index (χ4v) is 3.57. The molecule has 2 N–H and O–H groups in total. The van der Waals surface area contributed by atoms with Gasteiger partial charge in [0.15, 0.2) is 0 Å². The summed E-state index contributed by atoms with van der Waals surface area (Å²) in [6.45, 7) is 11.3. The van der Waals surface area contributed by atoms with Gasteiger partial charge >= 0.3 is 6.09 Å². The highest BCUT2D eigenvalue weighted by Gasteiger charge is 2.30. The van der Waals surface area contributed by atoms with Crippen molar-refractivity contribution in [3.8, 4) is 0 Å². The molecule has 22 heavy (non-hydrogen) atoms. The Kier molecular flexibility index (Phi) is 7.35. The standard InChI is InChI=1S/C16H27BrN2O2S/c1-6-16(7-2,19-14(20)21-15(3,4)5)11-18-10-12-8-9-13(17)22-12/h8-9,18H,6-7,10-11H2,1-5H3,(H,19,20). The van der Waals surface area contributed by atoms with E-state index in [1.807, 2.05) is 26.8 Å². The van der Waals surface area contributed by atoms with Crippen LogP contribution < -0.4 is 10.6 Å². The zero-order chi connectivity index (χ0) is 16.8. The van der Waals surface area contributed by atoms with Crippen molar-refractivity contribution in [2.24, 2.45) is 0 Å². The molecule has 0 aliphatic carbocycles. The second kappa shape index (κ2) is 8.31. The van der Waals surface area contributed by atoms with Crippen LogP contribution in [0.5, 0.6) is 0 Å². The zero-order valence-electron chi connectivity index (χ0n) is 14.1. The summed E-state index contributed by atoms with van der Waals surface area (Å²) in [4.78, 5) is 13.3. The fourth-order valence-electron chi connectivity index (χ4n) is 2.11. The van der Waals surface area contributed by atoms with Gasteiger partial charge in [0.2, 0.25) is 0 Å². The third-order valence-corrected chi connectivity index (χ3v) is 5.13. The van der Waals surface area contributed by atoms with Crippen molar-refractivity contribution < 1.29 is 9.53 Å². The number of hydrogen-bond donors (Lipinski definition) is 2. The van der Waals surface area contributed by atoms with Crippen molar-refractivity contribution in [3.05, 3.63) is 20.8 Å². The van der Waals surface area contributed by atoms with Gasteiger partial charge in [-0.2, -0.15) is 0 Å². The van der Waals surface area contributed by atoms with Gasteiger partial charge in [-0.15, -0.1) is 11.3 Å². The number of ether oxygens (including phenoxy) is 1. The van der Waals surface area contributed by atoms with Crippen LogP contribution in [0.2, 0.25) is 0 Å². The molecule has 0 saturated carbocycles. The number of amides is 1. The maximum Gasteiger partial charge on any atom is 0.408 e. The average molecular weight is 391 g/mol. The molecule has 0 atom stereocenters. The van der Waals surface area contributed by atoms with Crippen molar-refractivity contribution in [1.29, 1.82) is 0 Å². The Morgan fingerprint density at radius 3 is 2.36 bits per heavy atom. The first-order valence-electron chi connectivity index (χ1n) is 7.66. The summed E-state index contributed by atoms with van der Waals surface area (Å²) in [7, 11) is 0. The molecule has 0 spiro atoms. The topological polar surface area (TPSA) is 50.4 Å². The molecule has 0 aliphatic heterocycles. The summed E-state index contributed by atoms with van der Waals surface area (Å²) >= 11 is 5.19. The Hall–Kier alpha value is -0.590. The van der Waals surface area contributed by atoms with Gasteiger partial charge in [-0.3, -0.25) is 0 Å². The second-order valence-corrected chi connectivity index (χ2v) is 8.97. The van der Waals surface area contributed by atoms with Crippen LogP contribution in [0.4, 0.5) is 4.79 Å². The normalized spacial score (nSPS) is 12.3. The molecular formula is C16H27BrN2O2S. The predicted octanol–water partition coefficient (Wildman–Crippen LogP) is 4.68. The molecule has 0 aromatic carbocycles. The van der Waals surface area contributed by atoms with Crippen LogP contribution in [-0.2, 0) is 11.3 Å². The zero-order valence-corrected chi connectivity index (χ0v) is 16.5. The van der Waals surface area contributed by atoms with Gasteiger partial charge in [-0.05, 0) is 61.7 Å². The van der Waals surface area contributed by atoms with Gasteiger partial charge in [0.05, 0.1) is 9.33 Å². The number of halogens is 1. The van der Waals surface area contributed by atoms with Gasteiger partial charge < -0.3 is 15.4 Å². The van der Waals surface area contributed by atoms with E-state index in [-0.39, 0.29) is 11.6 Å². The molecule has 0 unspecified atom stereocenters. The van der Waals surface area contributed by atoms with Crippen LogP contribution in [0.25, 0.3) is 0 Å².